The minimum absolute atomic E-state index is 0.289. The molecule has 1 aromatic carbocycles. The first kappa shape index (κ1) is 21.8. The average molecular weight is 385 g/mol. The highest BCUT2D eigenvalue weighted by Crippen LogP contribution is 2.14. The van der Waals surface area contributed by atoms with E-state index in [9.17, 15) is 0 Å². The fourth-order valence-corrected chi connectivity index (χ4v) is 3.39. The van der Waals surface area contributed by atoms with Gasteiger partial charge in [0.25, 0.3) is 0 Å². The lowest BCUT2D eigenvalue weighted by atomic mass is 10.1. The lowest BCUT2D eigenvalue weighted by Gasteiger charge is -2.20. The van der Waals surface area contributed by atoms with Crippen molar-refractivity contribution in [1.29, 1.82) is 0 Å². The van der Waals surface area contributed by atoms with Crippen molar-refractivity contribution in [1.82, 2.24) is 20.4 Å². The van der Waals surface area contributed by atoms with Crippen LogP contribution in [0.1, 0.15) is 36.7 Å². The second kappa shape index (κ2) is 10.7. The molecule has 0 saturated heterocycles. The minimum atomic E-state index is 0.289. The second-order valence-electron chi connectivity index (χ2n) is 7.49. The summed E-state index contributed by atoms with van der Waals surface area (Å²) in [7, 11) is 5.97. The molecule has 1 unspecified atom stereocenters. The Kier molecular flexibility index (Phi) is 8.36. The number of nitrogens with zero attached hydrogens (tertiary/aromatic N) is 4. The molecule has 0 fully saturated rings. The number of hydrogen-bond acceptors (Lipinski definition) is 3. The van der Waals surface area contributed by atoms with Crippen LogP contribution < -0.4 is 15.5 Å². The van der Waals surface area contributed by atoms with E-state index in [0.29, 0.717) is 0 Å². The zero-order chi connectivity index (χ0) is 20.5. The van der Waals surface area contributed by atoms with Crippen LogP contribution in [0.25, 0.3) is 0 Å². The number of aliphatic imine (C=N–C) groups is 1. The number of unbranched alkanes of at least 4 members (excludes halogenated alkanes) is 1. The molecule has 0 aliphatic rings. The molecule has 154 valence electrons. The third-order valence-electron chi connectivity index (χ3n) is 5.19. The molecule has 0 aliphatic heterocycles. The van der Waals surface area contributed by atoms with Gasteiger partial charge in [0, 0.05) is 51.7 Å². The number of aryl methyl sites for hydroxylation is 2. The Morgan fingerprint density at radius 3 is 2.54 bits per heavy atom. The summed E-state index contributed by atoms with van der Waals surface area (Å²) in [5, 5.41) is 11.4. The number of guanidine groups is 1. The summed E-state index contributed by atoms with van der Waals surface area (Å²) in [5.74, 6) is 0.864. The van der Waals surface area contributed by atoms with E-state index in [1.807, 2.05) is 18.8 Å². The topological polar surface area (TPSA) is 57.5 Å². The van der Waals surface area contributed by atoms with Crippen LogP contribution in [0.2, 0.25) is 0 Å². The zero-order valence-electron chi connectivity index (χ0n) is 18.3. The summed E-state index contributed by atoms with van der Waals surface area (Å²) in [6.45, 7) is 8.36. The third-order valence-corrected chi connectivity index (χ3v) is 5.19. The molecule has 0 radical (unpaired) electrons. The van der Waals surface area contributed by atoms with E-state index in [0.717, 1.165) is 44.0 Å². The highest BCUT2D eigenvalue weighted by Gasteiger charge is 2.13. The molecule has 2 aromatic rings. The first-order valence-corrected chi connectivity index (χ1v) is 10.1. The molecule has 6 nitrogen and oxygen atoms in total. The van der Waals surface area contributed by atoms with Crippen molar-refractivity contribution in [2.45, 2.75) is 46.1 Å². The number of anilines is 1. The molecular formula is C22H36N6. The maximum absolute atomic E-state index is 4.51. The van der Waals surface area contributed by atoms with Gasteiger partial charge in [0.05, 0.1) is 5.69 Å². The predicted octanol–water partition coefficient (Wildman–Crippen LogP) is 3.05. The van der Waals surface area contributed by atoms with Crippen LogP contribution in [-0.4, -0.2) is 49.0 Å². The number of rotatable bonds is 9. The van der Waals surface area contributed by atoms with E-state index in [-0.39, 0.29) is 6.04 Å². The number of nitrogens with one attached hydrogen (secondary N) is 2. The Morgan fingerprint density at radius 2 is 1.93 bits per heavy atom. The highest BCUT2D eigenvalue weighted by atomic mass is 15.3. The van der Waals surface area contributed by atoms with Crippen molar-refractivity contribution in [3.63, 3.8) is 0 Å². The van der Waals surface area contributed by atoms with Crippen molar-refractivity contribution < 1.29 is 0 Å². The molecule has 1 heterocycles. The maximum Gasteiger partial charge on any atom is 0.191 e. The number of aromatic nitrogens is 2. The second-order valence-corrected chi connectivity index (χ2v) is 7.49. The lowest BCUT2D eigenvalue weighted by Crippen LogP contribution is -2.43. The first-order chi connectivity index (χ1) is 13.4. The van der Waals surface area contributed by atoms with Gasteiger partial charge in [-0.3, -0.25) is 9.67 Å². The van der Waals surface area contributed by atoms with Crippen molar-refractivity contribution in [2.24, 2.45) is 12.0 Å². The van der Waals surface area contributed by atoms with Crippen molar-refractivity contribution in [3.8, 4) is 0 Å². The molecule has 2 N–H and O–H groups in total. The molecule has 0 saturated carbocycles. The van der Waals surface area contributed by atoms with Crippen LogP contribution in [0.5, 0.6) is 0 Å². The fourth-order valence-electron chi connectivity index (χ4n) is 3.39. The van der Waals surface area contributed by atoms with E-state index in [1.165, 1.54) is 16.9 Å². The van der Waals surface area contributed by atoms with E-state index >= 15 is 0 Å². The standard InChI is InChI=1S/C22H36N6/c1-17(16-21-18(2)26-28(6)19(21)3)25-22(23-4)24-14-10-11-15-27(5)20-12-8-7-9-13-20/h7-9,12-13,17H,10-11,14-16H2,1-6H3,(H2,23,24,25). The van der Waals surface area contributed by atoms with Crippen LogP contribution in [0.15, 0.2) is 35.3 Å². The van der Waals surface area contributed by atoms with Crippen molar-refractivity contribution in [2.75, 3.05) is 32.1 Å². The summed E-state index contributed by atoms with van der Waals surface area (Å²) < 4.78 is 1.96. The zero-order valence-corrected chi connectivity index (χ0v) is 18.3. The van der Waals surface area contributed by atoms with E-state index in [1.54, 1.807) is 0 Å². The number of para-hydroxylation sites is 1. The summed E-state index contributed by atoms with van der Waals surface area (Å²) >= 11 is 0. The van der Waals surface area contributed by atoms with Gasteiger partial charge in [0.15, 0.2) is 5.96 Å². The quantitative estimate of drug-likeness (QED) is 0.396. The van der Waals surface area contributed by atoms with Gasteiger partial charge in [0.1, 0.15) is 0 Å². The van der Waals surface area contributed by atoms with Gasteiger partial charge in [0.2, 0.25) is 0 Å². The van der Waals surface area contributed by atoms with Gasteiger partial charge in [-0.05, 0) is 57.7 Å². The number of benzene rings is 1. The Labute approximate surface area is 170 Å². The SMILES string of the molecule is CN=C(NCCCCN(C)c1ccccc1)NC(C)Cc1c(C)nn(C)c1C. The Balaban J connectivity index is 1.69. The molecule has 1 aromatic heterocycles. The van der Waals surface area contributed by atoms with Crippen molar-refractivity contribution >= 4 is 11.6 Å². The summed E-state index contributed by atoms with van der Waals surface area (Å²) in [4.78, 5) is 6.66. The molecule has 0 amide bonds. The molecule has 0 spiro atoms. The van der Waals surface area contributed by atoms with Crippen LogP contribution in [0.4, 0.5) is 5.69 Å². The maximum atomic E-state index is 4.51. The Hall–Kier alpha value is -2.50. The van der Waals surface area contributed by atoms with Crippen molar-refractivity contribution in [3.05, 3.63) is 47.3 Å². The Morgan fingerprint density at radius 1 is 1.21 bits per heavy atom. The minimum Gasteiger partial charge on any atom is -0.375 e. The van der Waals surface area contributed by atoms with E-state index < -0.39 is 0 Å². The molecule has 0 bridgehead atoms. The molecule has 0 aliphatic carbocycles. The summed E-state index contributed by atoms with van der Waals surface area (Å²) in [5.41, 5.74) is 4.93. The van der Waals surface area contributed by atoms with Crippen LogP contribution in [-0.2, 0) is 13.5 Å². The van der Waals surface area contributed by atoms with Gasteiger partial charge in [-0.1, -0.05) is 18.2 Å². The van der Waals surface area contributed by atoms with Crippen LogP contribution >= 0.6 is 0 Å². The average Bonchev–Trinajstić information content (AvgIpc) is 2.93. The smallest absolute Gasteiger partial charge is 0.191 e. The van der Waals surface area contributed by atoms with Crippen LogP contribution in [0.3, 0.4) is 0 Å². The molecule has 28 heavy (non-hydrogen) atoms. The monoisotopic (exact) mass is 384 g/mol. The van der Waals surface area contributed by atoms with Gasteiger partial charge in [-0.2, -0.15) is 5.10 Å². The summed E-state index contributed by atoms with van der Waals surface area (Å²) in [6, 6.07) is 10.8. The van der Waals surface area contributed by atoms with Gasteiger partial charge in [-0.15, -0.1) is 0 Å². The van der Waals surface area contributed by atoms with Gasteiger partial charge < -0.3 is 15.5 Å². The third kappa shape index (κ3) is 6.29. The number of hydrogen-bond donors (Lipinski definition) is 2. The molecule has 1 atom stereocenters. The first-order valence-electron chi connectivity index (χ1n) is 10.1. The van der Waals surface area contributed by atoms with E-state index in [4.69, 9.17) is 0 Å². The molecular weight excluding hydrogens is 348 g/mol. The van der Waals surface area contributed by atoms with Gasteiger partial charge >= 0.3 is 0 Å². The predicted molar refractivity (Wildman–Crippen MR) is 119 cm³/mol. The van der Waals surface area contributed by atoms with Crippen LogP contribution in [0, 0.1) is 13.8 Å². The van der Waals surface area contributed by atoms with Gasteiger partial charge in [-0.25, -0.2) is 0 Å². The largest absolute Gasteiger partial charge is 0.375 e. The fraction of sp³-hybridized carbons (Fsp3) is 0.545. The Bertz CT molecular complexity index is 750. The normalized spacial score (nSPS) is 12.7. The highest BCUT2D eigenvalue weighted by molar-refractivity contribution is 5.79. The summed E-state index contributed by atoms with van der Waals surface area (Å²) in [6.07, 6.45) is 3.18. The lowest BCUT2D eigenvalue weighted by molar-refractivity contribution is 0.625. The molecule has 2 rings (SSSR count). The molecule has 6 heteroatoms. The van der Waals surface area contributed by atoms with E-state index in [2.05, 4.69) is 83.8 Å².